The summed E-state index contributed by atoms with van der Waals surface area (Å²) in [6.45, 7) is 1.82. The van der Waals surface area contributed by atoms with E-state index >= 15 is 0 Å². The van der Waals surface area contributed by atoms with Crippen molar-refractivity contribution in [2.24, 2.45) is 0 Å². The number of nitrogens with zero attached hydrogens (tertiary/aromatic N) is 2. The van der Waals surface area contributed by atoms with Crippen molar-refractivity contribution < 1.29 is 48.8 Å². The summed E-state index contributed by atoms with van der Waals surface area (Å²) in [5, 5.41) is 8.57. The molecule has 0 bridgehead atoms. The van der Waals surface area contributed by atoms with Gasteiger partial charge in [-0.3, -0.25) is 0 Å². The van der Waals surface area contributed by atoms with Crippen LogP contribution in [0.3, 0.4) is 0 Å². The third-order valence-electron chi connectivity index (χ3n) is 2.69. The molecule has 0 aliphatic rings. The van der Waals surface area contributed by atoms with Crippen LogP contribution in [0.4, 0.5) is 4.39 Å². The largest absolute Gasteiger partial charge is 1.00 e. The van der Waals surface area contributed by atoms with Crippen LogP contribution in [0, 0.1) is 12.7 Å². The predicted octanol–water partition coefficient (Wildman–Crippen LogP) is -1.57. The second kappa shape index (κ2) is 9.81. The van der Waals surface area contributed by atoms with Gasteiger partial charge in [-0.2, -0.15) is 0 Å². The minimum Gasteiger partial charge on any atom is -0.870 e. The number of ether oxygens (including phenoxy) is 1. The molecule has 1 aromatic carbocycles. The van der Waals surface area contributed by atoms with Gasteiger partial charge < -0.3 is 25.4 Å². The van der Waals surface area contributed by atoms with E-state index in [1.807, 2.05) is 6.92 Å². The third kappa shape index (κ3) is 5.54. The Hall–Kier alpha value is -2.11. The van der Waals surface area contributed by atoms with Gasteiger partial charge >= 0.3 is 24.8 Å². The van der Waals surface area contributed by atoms with E-state index in [2.05, 4.69) is 4.98 Å². The average Bonchev–Trinajstić information content (AvgIpc) is 2.83. The fraction of sp³-hybridized carbons (Fsp3) is 0.143. The molecule has 0 saturated heterocycles. The molecule has 0 radical (unpaired) electrons. The van der Waals surface area contributed by atoms with Crippen LogP contribution >= 0.6 is 0 Å². The molecular formula is C14H16FLiN2O5. The van der Waals surface area contributed by atoms with Crippen LogP contribution < -0.4 is 23.6 Å². The molecule has 9 heteroatoms. The number of methoxy groups -OCH3 is 1. The van der Waals surface area contributed by atoms with Gasteiger partial charge in [0.1, 0.15) is 11.6 Å². The molecule has 0 unspecified atom stereocenters. The first-order chi connectivity index (χ1) is 9.51. The van der Waals surface area contributed by atoms with Gasteiger partial charge in [0, 0.05) is 23.9 Å². The van der Waals surface area contributed by atoms with Crippen molar-refractivity contribution in [3.63, 3.8) is 0 Å². The molecule has 1 heterocycles. The summed E-state index contributed by atoms with van der Waals surface area (Å²) in [4.78, 5) is 14.5. The van der Waals surface area contributed by atoms with Crippen LogP contribution in [0.1, 0.15) is 11.3 Å². The number of imidazole rings is 1. The second-order valence-electron chi connectivity index (χ2n) is 4.14. The first kappa shape index (κ1) is 23.2. The number of benzene rings is 1. The van der Waals surface area contributed by atoms with Gasteiger partial charge in [-0.25, -0.2) is 14.2 Å². The number of aromatic nitrogens is 2. The van der Waals surface area contributed by atoms with Gasteiger partial charge in [-0.1, -0.05) is 0 Å². The normalized spacial score (nSPS) is 9.52. The zero-order chi connectivity index (χ0) is 14.7. The van der Waals surface area contributed by atoms with Crippen molar-refractivity contribution in [2.75, 3.05) is 7.11 Å². The quantitative estimate of drug-likeness (QED) is 0.538. The molecule has 1 aromatic heterocycles. The molecule has 0 saturated carbocycles. The van der Waals surface area contributed by atoms with Crippen LogP contribution in [0.25, 0.3) is 11.8 Å². The smallest absolute Gasteiger partial charge is 0.870 e. The monoisotopic (exact) mass is 318 g/mol. The van der Waals surface area contributed by atoms with Crippen molar-refractivity contribution in [3.05, 3.63) is 47.8 Å². The van der Waals surface area contributed by atoms with Crippen molar-refractivity contribution in [2.45, 2.75) is 6.92 Å². The molecule has 0 amide bonds. The minimum atomic E-state index is -1.14. The number of carboxylic acid groups (broad SMARTS) is 1. The van der Waals surface area contributed by atoms with E-state index in [1.165, 1.54) is 25.3 Å². The van der Waals surface area contributed by atoms with Gasteiger partial charge in [0.05, 0.1) is 24.8 Å². The van der Waals surface area contributed by atoms with Gasteiger partial charge in [0.15, 0.2) is 0 Å². The minimum absolute atomic E-state index is 0. The summed E-state index contributed by atoms with van der Waals surface area (Å²) in [6, 6.07) is 2.72. The number of halogens is 1. The summed E-state index contributed by atoms with van der Waals surface area (Å²) in [5.41, 5.74) is 1.44. The number of carbonyl (C=O) groups is 1. The molecule has 4 N–H and O–H groups in total. The Morgan fingerprint density at radius 1 is 1.43 bits per heavy atom. The van der Waals surface area contributed by atoms with Gasteiger partial charge in [-0.15, -0.1) is 0 Å². The Kier molecular flexibility index (Phi) is 9.88. The molecule has 0 aliphatic carbocycles. The van der Waals surface area contributed by atoms with E-state index in [9.17, 15) is 9.18 Å². The Bertz CT molecular complexity index is 688. The number of aryl methyl sites for hydroxylation is 1. The van der Waals surface area contributed by atoms with Crippen LogP contribution in [-0.4, -0.2) is 38.7 Å². The maximum Gasteiger partial charge on any atom is 1.00 e. The first-order valence-electron chi connectivity index (χ1n) is 5.80. The first-order valence-corrected chi connectivity index (χ1v) is 5.80. The van der Waals surface area contributed by atoms with E-state index in [-0.39, 0.29) is 35.4 Å². The molecule has 2 aromatic rings. The number of aliphatic carboxylic acids is 1. The standard InChI is InChI=1S/C14H13FN2O3.Li.2H2O/c1-9-7-17(8-16-9)12-6-11(15)10(3-4-14(18)19)5-13(12)20-2;;;/h3-8H,1-2H3,(H,18,19);;2*1H2/q;+1;;/p-1/b4-3+;;;. The Morgan fingerprint density at radius 3 is 2.57 bits per heavy atom. The van der Waals surface area contributed by atoms with Crippen LogP contribution in [0.5, 0.6) is 5.75 Å². The third-order valence-corrected chi connectivity index (χ3v) is 2.69. The zero-order valence-corrected chi connectivity index (χ0v) is 12.9. The van der Waals surface area contributed by atoms with Crippen LogP contribution in [0.15, 0.2) is 30.7 Å². The maximum absolute atomic E-state index is 14.0. The average molecular weight is 318 g/mol. The van der Waals surface area contributed by atoms with Crippen LogP contribution in [-0.2, 0) is 4.79 Å². The van der Waals surface area contributed by atoms with E-state index in [0.29, 0.717) is 11.4 Å². The summed E-state index contributed by atoms with van der Waals surface area (Å²) in [6.07, 6.45) is 5.35. The van der Waals surface area contributed by atoms with E-state index < -0.39 is 11.8 Å². The van der Waals surface area contributed by atoms with Crippen molar-refractivity contribution in [3.8, 4) is 11.4 Å². The molecule has 23 heavy (non-hydrogen) atoms. The second-order valence-corrected chi connectivity index (χ2v) is 4.14. The molecule has 120 valence electrons. The maximum atomic E-state index is 14.0. The number of hydrogen-bond acceptors (Lipinski definition) is 4. The molecule has 0 fully saturated rings. The zero-order valence-electron chi connectivity index (χ0n) is 12.9. The van der Waals surface area contributed by atoms with Crippen LogP contribution in [0.2, 0.25) is 0 Å². The molecule has 0 aliphatic heterocycles. The molecule has 0 spiro atoms. The Morgan fingerprint density at radius 2 is 2.09 bits per heavy atom. The van der Waals surface area contributed by atoms with E-state index in [1.54, 1.807) is 17.1 Å². The fourth-order valence-electron chi connectivity index (χ4n) is 1.77. The van der Waals surface area contributed by atoms with Gasteiger partial charge in [-0.05, 0) is 19.1 Å². The molecule has 2 rings (SSSR count). The summed E-state index contributed by atoms with van der Waals surface area (Å²) in [5.74, 6) is -1.25. The number of rotatable bonds is 4. The van der Waals surface area contributed by atoms with Crippen molar-refractivity contribution in [1.82, 2.24) is 9.55 Å². The number of carboxylic acids is 1. The Balaban J connectivity index is 0. The molecule has 7 nitrogen and oxygen atoms in total. The molecule has 0 atom stereocenters. The topological polar surface area (TPSA) is 126 Å². The Labute approximate surface area is 144 Å². The SMILES string of the molecule is COc1cc(/C=C/C(=O)O)c(F)cc1-n1cnc(C)c1.O.[Li+].[OH-]. The summed E-state index contributed by atoms with van der Waals surface area (Å²) >= 11 is 0. The van der Waals surface area contributed by atoms with Crippen molar-refractivity contribution >= 4 is 12.0 Å². The van der Waals surface area contributed by atoms with Gasteiger partial charge in [0.25, 0.3) is 0 Å². The summed E-state index contributed by atoms with van der Waals surface area (Å²) < 4.78 is 20.8. The summed E-state index contributed by atoms with van der Waals surface area (Å²) in [7, 11) is 1.46. The predicted molar refractivity (Wildman–Crippen MR) is 77.0 cm³/mol. The number of hydrogen-bond donors (Lipinski definition) is 1. The van der Waals surface area contributed by atoms with E-state index in [0.717, 1.165) is 11.8 Å². The van der Waals surface area contributed by atoms with E-state index in [4.69, 9.17) is 9.84 Å². The molecular weight excluding hydrogens is 302 g/mol. The van der Waals surface area contributed by atoms with Crippen molar-refractivity contribution in [1.29, 1.82) is 0 Å². The van der Waals surface area contributed by atoms with Gasteiger partial charge in [0.2, 0.25) is 0 Å². The fourth-order valence-corrected chi connectivity index (χ4v) is 1.77.